The summed E-state index contributed by atoms with van der Waals surface area (Å²) >= 11 is 6.11. The second-order valence-corrected chi connectivity index (χ2v) is 6.01. The molecule has 0 aliphatic carbocycles. The second kappa shape index (κ2) is 9.33. The number of halogens is 1. The maximum atomic E-state index is 12.5. The van der Waals surface area contributed by atoms with E-state index in [9.17, 15) is 9.59 Å². The summed E-state index contributed by atoms with van der Waals surface area (Å²) in [5.41, 5.74) is 0.801. The molecule has 0 radical (unpaired) electrons. The molecule has 1 aromatic rings. The molecule has 0 unspecified atom stereocenters. The van der Waals surface area contributed by atoms with Crippen LogP contribution in [-0.2, 0) is 4.79 Å². The van der Waals surface area contributed by atoms with Crippen LogP contribution in [-0.4, -0.2) is 41.5 Å². The van der Waals surface area contributed by atoms with Gasteiger partial charge in [-0.25, -0.2) is 0 Å². The number of benzene rings is 1. The van der Waals surface area contributed by atoms with Gasteiger partial charge in [-0.05, 0) is 24.1 Å². The monoisotopic (exact) mass is 338 g/mol. The van der Waals surface area contributed by atoms with Gasteiger partial charge in [-0.3, -0.25) is 9.59 Å². The van der Waals surface area contributed by atoms with E-state index >= 15 is 0 Å². The zero-order valence-corrected chi connectivity index (χ0v) is 14.3. The highest BCUT2D eigenvalue weighted by Gasteiger charge is 2.18. The lowest BCUT2D eigenvalue weighted by atomic mass is 10.1. The van der Waals surface area contributed by atoms with Gasteiger partial charge in [-0.2, -0.15) is 0 Å². The molecule has 0 saturated carbocycles. The number of anilines is 1. The fourth-order valence-corrected chi connectivity index (χ4v) is 2.27. The molecule has 0 bridgehead atoms. The van der Waals surface area contributed by atoms with Crippen molar-refractivity contribution in [3.05, 3.63) is 41.4 Å². The Morgan fingerprint density at radius 2 is 2.13 bits per heavy atom. The van der Waals surface area contributed by atoms with Crippen LogP contribution in [0.2, 0.25) is 5.02 Å². The number of hydrogen-bond acceptors (Lipinski definition) is 3. The molecule has 5 nitrogen and oxygen atoms in total. The van der Waals surface area contributed by atoms with Crippen LogP contribution in [0.1, 0.15) is 30.6 Å². The predicted octanol–water partition coefficient (Wildman–Crippen LogP) is 2.95. The standard InChI is InChI=1S/C17H23ClN2O3/c1-4-7-20(8-9-21)17(23)14-11-13(5-6-15(14)18)19-16(22)10-12(2)3/h4-6,11-12,21H,1,7-10H2,2-3H3,(H,19,22). The number of carbonyl (C=O) groups excluding carboxylic acids is 2. The maximum absolute atomic E-state index is 12.5. The lowest BCUT2D eigenvalue weighted by Gasteiger charge is -2.21. The zero-order valence-electron chi connectivity index (χ0n) is 13.5. The largest absolute Gasteiger partial charge is 0.395 e. The van der Waals surface area contributed by atoms with Crippen molar-refractivity contribution in [2.24, 2.45) is 5.92 Å². The van der Waals surface area contributed by atoms with Crippen molar-refractivity contribution in [2.75, 3.05) is 25.0 Å². The van der Waals surface area contributed by atoms with Crippen LogP contribution < -0.4 is 5.32 Å². The van der Waals surface area contributed by atoms with Crippen LogP contribution in [0.4, 0.5) is 5.69 Å². The lowest BCUT2D eigenvalue weighted by Crippen LogP contribution is -2.34. The topological polar surface area (TPSA) is 69.6 Å². The Hall–Kier alpha value is -1.85. The minimum atomic E-state index is -0.316. The first kappa shape index (κ1) is 19.2. The minimum absolute atomic E-state index is 0.112. The van der Waals surface area contributed by atoms with Crippen molar-refractivity contribution in [1.82, 2.24) is 4.90 Å². The summed E-state index contributed by atoms with van der Waals surface area (Å²) < 4.78 is 0. The molecule has 1 rings (SSSR count). The second-order valence-electron chi connectivity index (χ2n) is 5.60. The van der Waals surface area contributed by atoms with Crippen molar-refractivity contribution in [3.8, 4) is 0 Å². The SMILES string of the molecule is C=CCN(CCO)C(=O)c1cc(NC(=O)CC(C)C)ccc1Cl. The Morgan fingerprint density at radius 1 is 1.43 bits per heavy atom. The molecule has 0 saturated heterocycles. The van der Waals surface area contributed by atoms with Gasteiger partial charge >= 0.3 is 0 Å². The van der Waals surface area contributed by atoms with E-state index in [0.29, 0.717) is 23.7 Å². The Balaban J connectivity index is 2.97. The molecule has 0 spiro atoms. The first-order chi connectivity index (χ1) is 10.9. The summed E-state index contributed by atoms with van der Waals surface area (Å²) in [6.45, 7) is 7.85. The smallest absolute Gasteiger partial charge is 0.255 e. The molecule has 6 heteroatoms. The van der Waals surface area contributed by atoms with E-state index in [2.05, 4.69) is 11.9 Å². The van der Waals surface area contributed by atoms with Crippen LogP contribution in [0.3, 0.4) is 0 Å². The number of aliphatic hydroxyl groups excluding tert-OH is 1. The van der Waals surface area contributed by atoms with Gasteiger partial charge in [0.2, 0.25) is 5.91 Å². The normalized spacial score (nSPS) is 10.5. The summed E-state index contributed by atoms with van der Waals surface area (Å²) in [5.74, 6) is -0.182. The van der Waals surface area contributed by atoms with Crippen molar-refractivity contribution in [3.63, 3.8) is 0 Å². The lowest BCUT2D eigenvalue weighted by molar-refractivity contribution is -0.116. The number of carbonyl (C=O) groups is 2. The highest BCUT2D eigenvalue weighted by atomic mass is 35.5. The highest BCUT2D eigenvalue weighted by Crippen LogP contribution is 2.22. The molecule has 0 aromatic heterocycles. The average Bonchev–Trinajstić information content (AvgIpc) is 2.47. The molecule has 1 aromatic carbocycles. The molecule has 0 aliphatic rings. The van der Waals surface area contributed by atoms with E-state index in [1.165, 1.54) is 4.90 Å². The number of amides is 2. The molecular formula is C17H23ClN2O3. The summed E-state index contributed by atoms with van der Waals surface area (Å²) in [6, 6.07) is 4.78. The molecule has 0 fully saturated rings. The van der Waals surface area contributed by atoms with E-state index in [0.717, 1.165) is 0 Å². The van der Waals surface area contributed by atoms with Crippen molar-refractivity contribution < 1.29 is 14.7 Å². The summed E-state index contributed by atoms with van der Waals surface area (Å²) in [4.78, 5) is 25.8. The number of aliphatic hydroxyl groups is 1. The molecule has 0 atom stereocenters. The van der Waals surface area contributed by atoms with E-state index in [1.807, 2.05) is 13.8 Å². The third-order valence-corrected chi connectivity index (χ3v) is 3.41. The highest BCUT2D eigenvalue weighted by molar-refractivity contribution is 6.34. The summed E-state index contributed by atoms with van der Waals surface area (Å²) in [5, 5.41) is 12.1. The molecule has 0 aliphatic heterocycles. The Bertz CT molecular complexity index is 573. The average molecular weight is 339 g/mol. The molecule has 0 heterocycles. The van der Waals surface area contributed by atoms with Crippen LogP contribution in [0.25, 0.3) is 0 Å². The minimum Gasteiger partial charge on any atom is -0.395 e. The summed E-state index contributed by atoms with van der Waals surface area (Å²) in [6.07, 6.45) is 1.98. The van der Waals surface area contributed by atoms with E-state index in [1.54, 1.807) is 24.3 Å². The predicted molar refractivity (Wildman–Crippen MR) is 92.7 cm³/mol. The number of hydrogen-bond donors (Lipinski definition) is 2. The van der Waals surface area contributed by atoms with Gasteiger partial charge in [0.05, 0.1) is 17.2 Å². The van der Waals surface area contributed by atoms with Crippen molar-refractivity contribution in [1.29, 1.82) is 0 Å². The van der Waals surface area contributed by atoms with E-state index in [-0.39, 0.29) is 36.4 Å². The van der Waals surface area contributed by atoms with Gasteiger partial charge in [-0.1, -0.05) is 31.5 Å². The number of rotatable bonds is 8. The quantitative estimate of drug-likeness (QED) is 0.716. The third kappa shape index (κ3) is 6.04. The van der Waals surface area contributed by atoms with Gasteiger partial charge in [-0.15, -0.1) is 6.58 Å². The van der Waals surface area contributed by atoms with Crippen molar-refractivity contribution in [2.45, 2.75) is 20.3 Å². The molecular weight excluding hydrogens is 316 g/mol. The molecule has 2 amide bonds. The number of nitrogens with one attached hydrogen (secondary N) is 1. The molecule has 23 heavy (non-hydrogen) atoms. The van der Waals surface area contributed by atoms with Crippen LogP contribution in [0.15, 0.2) is 30.9 Å². The van der Waals surface area contributed by atoms with Gasteiger partial charge in [0, 0.05) is 25.2 Å². The zero-order chi connectivity index (χ0) is 17.4. The van der Waals surface area contributed by atoms with Gasteiger partial charge in [0.1, 0.15) is 0 Å². The van der Waals surface area contributed by atoms with Gasteiger partial charge in [0.25, 0.3) is 5.91 Å². The first-order valence-corrected chi connectivity index (χ1v) is 7.87. The molecule has 2 N–H and O–H groups in total. The van der Waals surface area contributed by atoms with Crippen molar-refractivity contribution >= 4 is 29.1 Å². The third-order valence-electron chi connectivity index (χ3n) is 3.08. The van der Waals surface area contributed by atoms with Crippen LogP contribution in [0, 0.1) is 5.92 Å². The Labute approximate surface area is 141 Å². The van der Waals surface area contributed by atoms with Crippen LogP contribution in [0.5, 0.6) is 0 Å². The van der Waals surface area contributed by atoms with Crippen LogP contribution >= 0.6 is 11.6 Å². The Kier molecular flexibility index (Phi) is 7.78. The number of nitrogens with zero attached hydrogens (tertiary/aromatic N) is 1. The fourth-order valence-electron chi connectivity index (χ4n) is 2.07. The Morgan fingerprint density at radius 3 is 2.70 bits per heavy atom. The fraction of sp³-hybridized carbons (Fsp3) is 0.412. The van der Waals surface area contributed by atoms with Gasteiger partial charge < -0.3 is 15.3 Å². The van der Waals surface area contributed by atoms with E-state index < -0.39 is 0 Å². The first-order valence-electron chi connectivity index (χ1n) is 7.49. The van der Waals surface area contributed by atoms with Gasteiger partial charge in [0.15, 0.2) is 0 Å². The molecule has 126 valence electrons. The summed E-state index contributed by atoms with van der Waals surface area (Å²) in [7, 11) is 0. The maximum Gasteiger partial charge on any atom is 0.255 e. The van der Waals surface area contributed by atoms with E-state index in [4.69, 9.17) is 16.7 Å².